The Labute approximate surface area is 142 Å². The number of amides is 1. The number of nitrogens with one attached hydrogen (secondary N) is 1. The zero-order valence-electron chi connectivity index (χ0n) is 12.0. The molecule has 2 rings (SSSR count). The molecule has 0 heterocycles. The first-order valence-electron chi connectivity index (χ1n) is 6.63. The van der Waals surface area contributed by atoms with Crippen molar-refractivity contribution in [1.29, 1.82) is 0 Å². The Bertz CT molecular complexity index is 749. The van der Waals surface area contributed by atoms with Crippen LogP contribution in [0.4, 0.5) is 5.69 Å². The van der Waals surface area contributed by atoms with Crippen LogP contribution in [0, 0.1) is 0 Å². The van der Waals surface area contributed by atoms with E-state index < -0.39 is 18.0 Å². The highest BCUT2D eigenvalue weighted by molar-refractivity contribution is 6.44. The molecule has 2 aromatic carbocycles. The number of hydrogen-bond acceptors (Lipinski definition) is 4. The fourth-order valence-corrected chi connectivity index (χ4v) is 2.10. The maximum atomic E-state index is 12.1. The molecule has 1 amide bonds. The number of phenols is 1. The number of carbonyl (C=O) groups excluding carboxylic acids is 2. The van der Waals surface area contributed by atoms with Gasteiger partial charge in [0.05, 0.1) is 21.3 Å². The van der Waals surface area contributed by atoms with Gasteiger partial charge in [0.25, 0.3) is 5.91 Å². The zero-order chi connectivity index (χ0) is 17.0. The number of phenolic OH excluding ortho intramolecular Hbond substituents is 1. The molecule has 0 aliphatic heterocycles. The summed E-state index contributed by atoms with van der Waals surface area (Å²) >= 11 is 11.8. The topological polar surface area (TPSA) is 75.6 Å². The molecular formula is C16H13Cl2NO4. The molecule has 7 heteroatoms. The van der Waals surface area contributed by atoms with E-state index in [0.717, 1.165) is 0 Å². The quantitative estimate of drug-likeness (QED) is 0.817. The molecule has 0 bridgehead atoms. The van der Waals surface area contributed by atoms with Crippen molar-refractivity contribution in [2.24, 2.45) is 0 Å². The second-order valence-electron chi connectivity index (χ2n) is 4.69. The minimum atomic E-state index is -1.06. The molecular weight excluding hydrogens is 341 g/mol. The maximum absolute atomic E-state index is 12.1. The number of ether oxygens (including phenoxy) is 1. The van der Waals surface area contributed by atoms with E-state index in [1.807, 2.05) is 0 Å². The highest BCUT2D eigenvalue weighted by atomic mass is 35.5. The van der Waals surface area contributed by atoms with Crippen LogP contribution in [-0.4, -0.2) is 23.1 Å². The van der Waals surface area contributed by atoms with E-state index in [4.69, 9.17) is 27.9 Å². The molecule has 5 nitrogen and oxygen atoms in total. The van der Waals surface area contributed by atoms with Gasteiger partial charge in [-0.05, 0) is 37.3 Å². The minimum Gasteiger partial charge on any atom is -0.508 e. The van der Waals surface area contributed by atoms with Gasteiger partial charge in [0, 0.05) is 0 Å². The molecule has 2 N–H and O–H groups in total. The number of anilines is 1. The minimum absolute atomic E-state index is 0.0673. The number of benzene rings is 2. The van der Waals surface area contributed by atoms with E-state index in [1.165, 1.54) is 31.2 Å². The SMILES string of the molecule is C[C@H](OC(=O)c1cccc(O)c1)C(=O)Nc1cccc(Cl)c1Cl. The lowest BCUT2D eigenvalue weighted by Crippen LogP contribution is -2.30. The van der Waals surface area contributed by atoms with Gasteiger partial charge in [0.2, 0.25) is 0 Å². The molecule has 0 aromatic heterocycles. The van der Waals surface area contributed by atoms with Crippen molar-refractivity contribution in [3.63, 3.8) is 0 Å². The summed E-state index contributed by atoms with van der Waals surface area (Å²) < 4.78 is 5.06. The Morgan fingerprint density at radius 1 is 1.17 bits per heavy atom. The Balaban J connectivity index is 2.02. The van der Waals surface area contributed by atoms with Crippen molar-refractivity contribution < 1.29 is 19.4 Å². The van der Waals surface area contributed by atoms with E-state index in [9.17, 15) is 14.7 Å². The summed E-state index contributed by atoms with van der Waals surface area (Å²) in [5, 5.41) is 12.4. The van der Waals surface area contributed by atoms with E-state index in [-0.39, 0.29) is 16.3 Å². The largest absolute Gasteiger partial charge is 0.508 e. The molecule has 2 aromatic rings. The first-order valence-corrected chi connectivity index (χ1v) is 7.39. The lowest BCUT2D eigenvalue weighted by Gasteiger charge is -2.14. The first-order chi connectivity index (χ1) is 10.9. The van der Waals surface area contributed by atoms with Crippen LogP contribution in [0.15, 0.2) is 42.5 Å². The van der Waals surface area contributed by atoms with E-state index in [0.29, 0.717) is 10.7 Å². The van der Waals surface area contributed by atoms with Gasteiger partial charge >= 0.3 is 5.97 Å². The lowest BCUT2D eigenvalue weighted by atomic mass is 10.2. The standard InChI is InChI=1S/C16H13Cl2NO4/c1-9(23-16(22)10-4-2-5-11(20)8-10)15(21)19-13-7-3-6-12(17)14(13)18/h2-9,20H,1H3,(H,19,21)/t9-/m0/s1. The van der Waals surface area contributed by atoms with E-state index in [1.54, 1.807) is 18.2 Å². The first kappa shape index (κ1) is 17.1. The molecule has 1 atom stereocenters. The molecule has 0 aliphatic carbocycles. The summed E-state index contributed by atoms with van der Waals surface area (Å²) in [6, 6.07) is 10.5. The van der Waals surface area contributed by atoms with Crippen molar-refractivity contribution in [1.82, 2.24) is 0 Å². The predicted molar refractivity (Wildman–Crippen MR) is 88.1 cm³/mol. The molecule has 0 saturated heterocycles. The van der Waals surface area contributed by atoms with Gasteiger partial charge in [-0.25, -0.2) is 4.79 Å². The lowest BCUT2D eigenvalue weighted by molar-refractivity contribution is -0.123. The molecule has 0 spiro atoms. The van der Waals surface area contributed by atoms with Crippen LogP contribution in [0.5, 0.6) is 5.75 Å². The van der Waals surface area contributed by atoms with Gasteiger partial charge < -0.3 is 15.2 Å². The van der Waals surface area contributed by atoms with Gasteiger partial charge in [-0.1, -0.05) is 35.3 Å². The van der Waals surface area contributed by atoms with Crippen LogP contribution >= 0.6 is 23.2 Å². The van der Waals surface area contributed by atoms with Crippen molar-refractivity contribution in [2.45, 2.75) is 13.0 Å². The predicted octanol–water partition coefficient (Wildman–Crippen LogP) is 3.88. The summed E-state index contributed by atoms with van der Waals surface area (Å²) in [6.45, 7) is 1.43. The van der Waals surface area contributed by atoms with Gasteiger partial charge in [-0.3, -0.25) is 4.79 Å². The number of rotatable bonds is 4. The number of carbonyl (C=O) groups is 2. The second-order valence-corrected chi connectivity index (χ2v) is 5.47. The van der Waals surface area contributed by atoms with Crippen molar-refractivity contribution in [2.75, 3.05) is 5.32 Å². The monoisotopic (exact) mass is 353 g/mol. The van der Waals surface area contributed by atoms with Gasteiger partial charge in [-0.15, -0.1) is 0 Å². The molecule has 23 heavy (non-hydrogen) atoms. The van der Waals surface area contributed by atoms with Crippen molar-refractivity contribution in [3.05, 3.63) is 58.1 Å². The van der Waals surface area contributed by atoms with E-state index in [2.05, 4.69) is 5.32 Å². The third kappa shape index (κ3) is 4.37. The van der Waals surface area contributed by atoms with Gasteiger partial charge in [-0.2, -0.15) is 0 Å². The average molecular weight is 354 g/mol. The van der Waals surface area contributed by atoms with E-state index >= 15 is 0 Å². The molecule has 0 unspecified atom stereocenters. The Kier molecular flexibility index (Phi) is 5.47. The smallest absolute Gasteiger partial charge is 0.339 e. The fraction of sp³-hybridized carbons (Fsp3) is 0.125. The Hall–Kier alpha value is -2.24. The zero-order valence-corrected chi connectivity index (χ0v) is 13.6. The third-order valence-corrected chi connectivity index (χ3v) is 3.76. The molecule has 0 fully saturated rings. The Morgan fingerprint density at radius 2 is 1.87 bits per heavy atom. The highest BCUT2D eigenvalue weighted by Gasteiger charge is 2.20. The summed E-state index contributed by atoms with van der Waals surface area (Å²) in [5.74, 6) is -1.34. The van der Waals surface area contributed by atoms with Crippen LogP contribution in [0.3, 0.4) is 0 Å². The highest BCUT2D eigenvalue weighted by Crippen LogP contribution is 2.29. The van der Waals surface area contributed by atoms with Crippen LogP contribution in [0.1, 0.15) is 17.3 Å². The number of halogens is 2. The van der Waals surface area contributed by atoms with Gasteiger partial charge in [0.1, 0.15) is 5.75 Å². The Morgan fingerprint density at radius 3 is 2.57 bits per heavy atom. The van der Waals surface area contributed by atoms with Gasteiger partial charge in [0.15, 0.2) is 6.10 Å². The second kappa shape index (κ2) is 7.35. The van der Waals surface area contributed by atoms with Crippen LogP contribution < -0.4 is 5.32 Å². The molecule has 0 aliphatic rings. The third-order valence-electron chi connectivity index (χ3n) is 2.94. The number of hydrogen-bond donors (Lipinski definition) is 2. The number of esters is 1. The molecule has 120 valence electrons. The number of aromatic hydroxyl groups is 1. The normalized spacial score (nSPS) is 11.6. The van der Waals surface area contributed by atoms with Crippen LogP contribution in [0.25, 0.3) is 0 Å². The maximum Gasteiger partial charge on any atom is 0.339 e. The van der Waals surface area contributed by atoms with Crippen molar-refractivity contribution in [3.8, 4) is 5.75 Å². The fourth-order valence-electron chi connectivity index (χ4n) is 1.75. The summed E-state index contributed by atoms with van der Waals surface area (Å²) in [7, 11) is 0. The summed E-state index contributed by atoms with van der Waals surface area (Å²) in [5.41, 5.74) is 0.467. The van der Waals surface area contributed by atoms with Crippen LogP contribution in [-0.2, 0) is 9.53 Å². The average Bonchev–Trinajstić information content (AvgIpc) is 2.51. The van der Waals surface area contributed by atoms with Crippen molar-refractivity contribution >= 4 is 40.8 Å². The molecule has 0 saturated carbocycles. The molecule has 0 radical (unpaired) electrons. The van der Waals surface area contributed by atoms with Crippen LogP contribution in [0.2, 0.25) is 10.0 Å². The summed E-state index contributed by atoms with van der Waals surface area (Å²) in [4.78, 5) is 24.0. The summed E-state index contributed by atoms with van der Waals surface area (Å²) in [6.07, 6.45) is -1.06.